The smallest absolute Gasteiger partial charge is 0.282 e. The number of ether oxygens (including phenoxy) is 2. The predicted molar refractivity (Wildman–Crippen MR) is 101 cm³/mol. The van der Waals surface area contributed by atoms with Gasteiger partial charge >= 0.3 is 0 Å². The molecule has 1 aromatic heterocycles. The number of aryl methyl sites for hydroxylation is 1. The first kappa shape index (κ1) is 17.9. The normalized spacial score (nSPS) is 13.4. The van der Waals surface area contributed by atoms with Crippen LogP contribution >= 0.6 is 11.3 Å². The van der Waals surface area contributed by atoms with Gasteiger partial charge in [-0.2, -0.15) is 5.10 Å². The SMILES string of the molecule is Cc1csc(=Nc2ccccc2F)n1N=Cc1cc2c(cc1[N+](=O)[O-])OCO2. The fraction of sp³-hybridized carbons (Fsp3) is 0.111. The van der Waals surface area contributed by atoms with Gasteiger partial charge in [0.15, 0.2) is 11.5 Å². The van der Waals surface area contributed by atoms with Crippen molar-refractivity contribution in [2.24, 2.45) is 10.1 Å². The van der Waals surface area contributed by atoms with Gasteiger partial charge in [-0.3, -0.25) is 10.1 Å². The van der Waals surface area contributed by atoms with Crippen molar-refractivity contribution in [2.45, 2.75) is 6.92 Å². The lowest BCUT2D eigenvalue weighted by Crippen LogP contribution is -2.12. The highest BCUT2D eigenvalue weighted by atomic mass is 32.1. The maximum absolute atomic E-state index is 13.9. The Kier molecular flexibility index (Phi) is 4.62. The van der Waals surface area contributed by atoms with Crippen LogP contribution in [0.25, 0.3) is 0 Å². The molecular weight excluding hydrogens is 387 g/mol. The second-order valence-corrected chi connectivity index (χ2v) is 6.64. The van der Waals surface area contributed by atoms with Crippen LogP contribution in [0.1, 0.15) is 11.3 Å². The van der Waals surface area contributed by atoms with E-state index in [1.807, 2.05) is 12.3 Å². The number of rotatable bonds is 4. The molecule has 0 aliphatic carbocycles. The van der Waals surface area contributed by atoms with E-state index in [-0.39, 0.29) is 23.7 Å². The molecule has 0 N–H and O–H groups in total. The Morgan fingerprint density at radius 1 is 1.29 bits per heavy atom. The largest absolute Gasteiger partial charge is 0.454 e. The number of nitrogens with zero attached hydrogens (tertiary/aromatic N) is 4. The van der Waals surface area contributed by atoms with Crippen molar-refractivity contribution in [3.8, 4) is 11.5 Å². The van der Waals surface area contributed by atoms with Crippen molar-refractivity contribution in [1.82, 2.24) is 4.68 Å². The van der Waals surface area contributed by atoms with Crippen LogP contribution in [0.15, 0.2) is 51.9 Å². The number of halogens is 1. The molecule has 0 spiro atoms. The number of hydrogen-bond donors (Lipinski definition) is 0. The van der Waals surface area contributed by atoms with Crippen molar-refractivity contribution in [3.05, 3.63) is 73.8 Å². The maximum atomic E-state index is 13.9. The number of nitro groups is 1. The van der Waals surface area contributed by atoms with E-state index in [2.05, 4.69) is 10.1 Å². The number of aromatic nitrogens is 1. The van der Waals surface area contributed by atoms with Crippen molar-refractivity contribution in [1.29, 1.82) is 0 Å². The molecule has 0 fully saturated rings. The molecule has 2 heterocycles. The summed E-state index contributed by atoms with van der Waals surface area (Å²) in [7, 11) is 0. The average Bonchev–Trinajstić information content (AvgIpc) is 3.27. The minimum atomic E-state index is -0.515. The van der Waals surface area contributed by atoms with E-state index in [9.17, 15) is 14.5 Å². The molecule has 8 nitrogen and oxygen atoms in total. The summed E-state index contributed by atoms with van der Waals surface area (Å²) in [4.78, 5) is 15.6. The first-order valence-corrected chi connectivity index (χ1v) is 8.99. The summed E-state index contributed by atoms with van der Waals surface area (Å²) in [6, 6.07) is 8.95. The van der Waals surface area contributed by atoms with Crippen LogP contribution in [0.4, 0.5) is 15.8 Å². The van der Waals surface area contributed by atoms with Gasteiger partial charge in [0.25, 0.3) is 5.69 Å². The van der Waals surface area contributed by atoms with Crippen LogP contribution in [0.5, 0.6) is 11.5 Å². The summed E-state index contributed by atoms with van der Waals surface area (Å²) in [6.45, 7) is 1.82. The Morgan fingerprint density at radius 2 is 2.04 bits per heavy atom. The van der Waals surface area contributed by atoms with Crippen molar-refractivity contribution in [2.75, 3.05) is 6.79 Å². The third-order valence-electron chi connectivity index (χ3n) is 3.95. The van der Waals surface area contributed by atoms with Crippen LogP contribution in [-0.2, 0) is 0 Å². The van der Waals surface area contributed by atoms with Gasteiger partial charge in [-0.1, -0.05) is 12.1 Å². The summed E-state index contributed by atoms with van der Waals surface area (Å²) in [5.74, 6) is 0.282. The number of hydrogen-bond acceptors (Lipinski definition) is 7. The summed E-state index contributed by atoms with van der Waals surface area (Å²) in [5.41, 5.74) is 1.03. The molecule has 1 aliphatic rings. The molecule has 0 radical (unpaired) electrons. The Labute approximate surface area is 162 Å². The Bertz CT molecular complexity index is 1170. The molecule has 0 saturated heterocycles. The second kappa shape index (κ2) is 7.24. The highest BCUT2D eigenvalue weighted by Crippen LogP contribution is 2.37. The maximum Gasteiger partial charge on any atom is 0.282 e. The van der Waals surface area contributed by atoms with Gasteiger partial charge in [0.2, 0.25) is 11.6 Å². The first-order valence-electron chi connectivity index (χ1n) is 8.12. The third kappa shape index (κ3) is 3.37. The monoisotopic (exact) mass is 400 g/mol. The lowest BCUT2D eigenvalue weighted by Gasteiger charge is -2.02. The topological polar surface area (TPSA) is 91.2 Å². The number of para-hydroxylation sites is 1. The zero-order chi connectivity index (χ0) is 19.7. The first-order chi connectivity index (χ1) is 13.5. The van der Waals surface area contributed by atoms with E-state index in [0.29, 0.717) is 16.3 Å². The minimum Gasteiger partial charge on any atom is -0.454 e. The molecule has 0 amide bonds. The Hall–Kier alpha value is -3.53. The van der Waals surface area contributed by atoms with E-state index in [1.165, 1.54) is 40.4 Å². The van der Waals surface area contributed by atoms with E-state index < -0.39 is 10.7 Å². The third-order valence-corrected chi connectivity index (χ3v) is 4.88. The highest BCUT2D eigenvalue weighted by Gasteiger charge is 2.22. The molecule has 1 aliphatic heterocycles. The van der Waals surface area contributed by atoms with E-state index >= 15 is 0 Å². The van der Waals surface area contributed by atoms with Crippen molar-refractivity contribution in [3.63, 3.8) is 0 Å². The van der Waals surface area contributed by atoms with Gasteiger partial charge in [0.1, 0.15) is 11.5 Å². The van der Waals surface area contributed by atoms with Gasteiger partial charge < -0.3 is 9.47 Å². The van der Waals surface area contributed by atoms with Crippen LogP contribution in [0.3, 0.4) is 0 Å². The standard InChI is InChI=1S/C18H13FN4O4S/c1-11-9-28-18(21-14-5-3-2-4-13(14)19)22(11)20-8-12-6-16-17(27-10-26-16)7-15(12)23(24)25/h2-9H,10H2,1H3. The van der Waals surface area contributed by atoms with E-state index in [4.69, 9.17) is 9.47 Å². The predicted octanol–water partition coefficient (Wildman–Crippen LogP) is 3.75. The average molecular weight is 400 g/mol. The molecular formula is C18H13FN4O4S. The van der Waals surface area contributed by atoms with Gasteiger partial charge in [-0.05, 0) is 25.1 Å². The zero-order valence-electron chi connectivity index (χ0n) is 14.5. The fourth-order valence-corrected chi connectivity index (χ4v) is 3.39. The molecule has 28 heavy (non-hydrogen) atoms. The van der Waals surface area contributed by atoms with Crippen molar-refractivity contribution >= 4 is 28.9 Å². The van der Waals surface area contributed by atoms with Gasteiger partial charge in [-0.15, -0.1) is 11.3 Å². The molecule has 4 rings (SSSR count). The number of benzene rings is 2. The van der Waals surface area contributed by atoms with Crippen LogP contribution in [-0.4, -0.2) is 22.6 Å². The van der Waals surface area contributed by atoms with E-state index in [0.717, 1.165) is 5.69 Å². The van der Waals surface area contributed by atoms with Crippen molar-refractivity contribution < 1.29 is 18.8 Å². The van der Waals surface area contributed by atoms with Gasteiger partial charge in [0.05, 0.1) is 28.5 Å². The second-order valence-electron chi connectivity index (χ2n) is 5.80. The van der Waals surface area contributed by atoms with Gasteiger partial charge in [0, 0.05) is 5.38 Å². The molecule has 0 unspecified atom stereocenters. The number of thiazole rings is 1. The van der Waals surface area contributed by atoms with E-state index in [1.54, 1.807) is 18.2 Å². The lowest BCUT2D eigenvalue weighted by atomic mass is 10.1. The quantitative estimate of drug-likeness (QED) is 0.379. The molecule has 0 atom stereocenters. The van der Waals surface area contributed by atoms with Crippen LogP contribution in [0, 0.1) is 22.9 Å². The van der Waals surface area contributed by atoms with Crippen LogP contribution in [0.2, 0.25) is 0 Å². The molecule has 3 aromatic rings. The summed E-state index contributed by atoms with van der Waals surface area (Å²) in [6.07, 6.45) is 1.35. The highest BCUT2D eigenvalue weighted by molar-refractivity contribution is 7.07. The van der Waals surface area contributed by atoms with Gasteiger partial charge in [-0.25, -0.2) is 14.1 Å². The Morgan fingerprint density at radius 3 is 2.79 bits per heavy atom. The minimum absolute atomic E-state index is 0.0111. The van der Waals surface area contributed by atoms with Crippen LogP contribution < -0.4 is 14.3 Å². The Balaban J connectivity index is 1.77. The summed E-state index contributed by atoms with van der Waals surface area (Å²) >= 11 is 1.28. The molecule has 142 valence electrons. The number of nitro benzene ring substituents is 1. The molecule has 0 saturated carbocycles. The molecule has 0 bridgehead atoms. The number of fused-ring (bicyclic) bond motifs is 1. The molecule has 2 aromatic carbocycles. The summed E-state index contributed by atoms with van der Waals surface area (Å²) < 4.78 is 25.9. The fourth-order valence-electron chi connectivity index (χ4n) is 2.58. The zero-order valence-corrected chi connectivity index (χ0v) is 15.4. The lowest BCUT2D eigenvalue weighted by molar-refractivity contribution is -0.385. The summed E-state index contributed by atoms with van der Waals surface area (Å²) in [5, 5.41) is 17.5. The molecule has 10 heteroatoms.